The van der Waals surface area contributed by atoms with Crippen LogP contribution >= 0.6 is 0 Å². The standard InChI is InChI=1S/C28F42I/c29-3-1(13(37,38)15(41,42)17(45,46)19(49,50)21(53,54)23(57,58)25(61,62)27(65,66)67)11(9(35)7(33)5(3)31)71-12-2(4(30)6(32)8(34)10(12)36)14(39,40)16(43,44)18(47,48)20(51,52)22(55,56)24(59,60)26(63,64)28(68,69)70/q+1. The molecule has 2 aromatic carbocycles. The number of hydrogen-bond donors (Lipinski definition) is 0. The third kappa shape index (κ3) is 7.88. The van der Waals surface area contributed by atoms with Crippen LogP contribution in [0.25, 0.3) is 0 Å². The van der Waals surface area contributed by atoms with Crippen LogP contribution in [0.15, 0.2) is 0 Å². The second kappa shape index (κ2) is 16.9. The molecule has 0 fully saturated rings. The van der Waals surface area contributed by atoms with E-state index in [9.17, 15) is 167 Å². The van der Waals surface area contributed by atoms with E-state index in [0.29, 0.717) is 0 Å². The van der Waals surface area contributed by atoms with E-state index < -0.39 is 181 Å². The normalized spacial score (nSPS) is 15.8. The first-order chi connectivity index (χ1) is 30.5. The van der Waals surface area contributed by atoms with Crippen molar-refractivity contribution in [3.8, 4) is 0 Å². The molecule has 2 rings (SSSR count). The molecule has 0 aliphatic carbocycles. The lowest BCUT2D eigenvalue weighted by Gasteiger charge is -2.42. The molecule has 0 nitrogen and oxygen atoms in total. The van der Waals surface area contributed by atoms with Crippen molar-refractivity contribution < 1.29 is 206 Å². The highest BCUT2D eigenvalue weighted by Gasteiger charge is 2.97. The van der Waals surface area contributed by atoms with Crippen molar-refractivity contribution in [3.63, 3.8) is 0 Å². The molecule has 0 spiro atoms. The fourth-order valence-electron chi connectivity index (χ4n) is 4.67. The third-order valence-electron chi connectivity index (χ3n) is 8.68. The molecule has 0 heterocycles. The lowest BCUT2D eigenvalue weighted by molar-refractivity contribution is -0.609. The van der Waals surface area contributed by atoms with E-state index in [1.165, 1.54) is 0 Å². The predicted octanol–water partition coefficient (Wildman–Crippen LogP) is 11.9. The van der Waals surface area contributed by atoms with Crippen molar-refractivity contribution in [2.45, 2.75) is 95.3 Å². The summed E-state index contributed by atoms with van der Waals surface area (Å²) >= 11 is -6.17. The van der Waals surface area contributed by atoms with Gasteiger partial charge in [-0.25, -0.2) is 26.3 Å². The molecule has 43 heteroatoms. The molecule has 0 aliphatic rings. The predicted molar refractivity (Wildman–Crippen MR) is 129 cm³/mol. The molecule has 0 amide bonds. The van der Waals surface area contributed by atoms with Crippen molar-refractivity contribution in [1.82, 2.24) is 0 Å². The van der Waals surface area contributed by atoms with Gasteiger partial charge in [0.05, 0.1) is 0 Å². The number of halogens is 43. The zero-order valence-electron chi connectivity index (χ0n) is 30.3. The SMILES string of the molecule is Fc1c(F)c(F)c(C(F)(F)C(F)(F)C(F)(F)C(F)(F)C(F)(F)C(F)(F)C(F)(F)C(F)(F)F)c([I+]c2c(F)c(F)c(F)c(F)c2C(F)(F)C(F)(F)C(F)(F)C(F)(F)C(F)(F)C(F)(F)C(F)(F)C(F)(F)F)c1F. The Morgan fingerprint density at radius 2 is 0.338 bits per heavy atom. The van der Waals surface area contributed by atoms with E-state index in [2.05, 4.69) is 0 Å². The highest BCUT2D eigenvalue weighted by Crippen LogP contribution is 2.67. The summed E-state index contributed by atoms with van der Waals surface area (Å²) in [5.41, 5.74) is -10.5. The van der Waals surface area contributed by atoms with E-state index in [1.54, 1.807) is 0 Å². The molecule has 0 radical (unpaired) electrons. The molecule has 0 bridgehead atoms. The van der Waals surface area contributed by atoms with E-state index in [-0.39, 0.29) is 0 Å². The number of rotatable bonds is 16. The Hall–Kier alpha value is -3.77. The Labute approximate surface area is 366 Å². The van der Waals surface area contributed by atoms with Gasteiger partial charge in [0.1, 0.15) is 11.1 Å². The van der Waals surface area contributed by atoms with Crippen LogP contribution in [0.3, 0.4) is 0 Å². The molecule has 0 saturated heterocycles. The van der Waals surface area contributed by atoms with Gasteiger partial charge in [-0.15, -0.1) is 0 Å². The van der Waals surface area contributed by atoms with Crippen molar-refractivity contribution in [3.05, 3.63) is 64.8 Å². The number of hydrogen-bond acceptors (Lipinski definition) is 0. The van der Waals surface area contributed by atoms with Gasteiger partial charge in [0.15, 0.2) is 23.3 Å². The number of benzene rings is 2. The van der Waals surface area contributed by atoms with Gasteiger partial charge in [0, 0.05) is 0 Å². The Balaban J connectivity index is 3.27. The Morgan fingerprint density at radius 3 is 0.521 bits per heavy atom. The van der Waals surface area contributed by atoms with E-state index in [1.807, 2.05) is 0 Å². The van der Waals surface area contributed by atoms with Crippen LogP contribution in [0.1, 0.15) is 11.1 Å². The first kappa shape index (κ1) is 63.3. The van der Waals surface area contributed by atoms with Crippen LogP contribution in [-0.2, 0) is 11.8 Å². The summed E-state index contributed by atoms with van der Waals surface area (Å²) in [7, 11) is 0. The molecule has 2 aromatic rings. The Morgan fingerprint density at radius 1 is 0.183 bits per heavy atom. The highest BCUT2D eigenvalue weighted by atomic mass is 127. The molecule has 0 atom stereocenters. The van der Waals surface area contributed by atoms with Crippen molar-refractivity contribution in [2.24, 2.45) is 0 Å². The lowest BCUT2D eigenvalue weighted by Crippen LogP contribution is -3.62. The Kier molecular flexibility index (Phi) is 15.1. The van der Waals surface area contributed by atoms with Crippen LogP contribution in [0.4, 0.5) is 184 Å². The molecule has 0 unspecified atom stereocenters. The van der Waals surface area contributed by atoms with Crippen LogP contribution in [0.5, 0.6) is 0 Å². The fourth-order valence-corrected chi connectivity index (χ4v) is 7.85. The Bertz CT molecular complexity index is 2210. The van der Waals surface area contributed by atoms with Gasteiger partial charge < -0.3 is 0 Å². The smallest absolute Gasteiger partial charge is 0.203 e. The minimum Gasteiger partial charge on any atom is -0.203 e. The minimum absolute atomic E-state index is 4.29. The average Bonchev–Trinajstić information content (AvgIpc) is 3.18. The summed E-state index contributed by atoms with van der Waals surface area (Å²) in [5.74, 6) is -168. The summed E-state index contributed by atoms with van der Waals surface area (Å²) in [5, 5.41) is 0. The van der Waals surface area contributed by atoms with Gasteiger partial charge in [-0.3, -0.25) is 0 Å². The van der Waals surface area contributed by atoms with Gasteiger partial charge >= 0.3 is 116 Å². The molecular formula is C28F42I+. The first-order valence-corrected chi connectivity index (χ1v) is 17.5. The van der Waals surface area contributed by atoms with Gasteiger partial charge in [0.2, 0.25) is 30.4 Å². The van der Waals surface area contributed by atoms with Gasteiger partial charge in [-0.1, -0.05) is 0 Å². The van der Waals surface area contributed by atoms with Gasteiger partial charge in [-0.2, -0.15) is 158 Å². The molecule has 0 N–H and O–H groups in total. The molecule has 0 aliphatic heterocycles. The minimum atomic E-state index is -9.78. The van der Waals surface area contributed by atoms with Crippen LogP contribution in [-0.4, -0.2) is 83.4 Å². The zero-order chi connectivity index (χ0) is 57.6. The fraction of sp³-hybridized carbons (Fsp3) is 0.571. The zero-order valence-corrected chi connectivity index (χ0v) is 32.4. The highest BCUT2D eigenvalue weighted by molar-refractivity contribution is 5.33. The van der Waals surface area contributed by atoms with Gasteiger partial charge in [0.25, 0.3) is 0 Å². The van der Waals surface area contributed by atoms with Gasteiger partial charge in [-0.05, 0) is 0 Å². The van der Waals surface area contributed by atoms with Crippen LogP contribution in [0.2, 0.25) is 0 Å². The maximum Gasteiger partial charge on any atom is 0.460 e. The second-order valence-corrected chi connectivity index (χ2v) is 15.7. The quantitative estimate of drug-likeness (QED) is 0.0680. The summed E-state index contributed by atoms with van der Waals surface area (Å²) < 4.78 is 579. The van der Waals surface area contributed by atoms with Crippen LogP contribution in [0, 0.1) is 53.7 Å². The topological polar surface area (TPSA) is 0 Å². The van der Waals surface area contributed by atoms with Crippen LogP contribution < -0.4 is 21.2 Å². The van der Waals surface area contributed by atoms with Crippen molar-refractivity contribution in [1.29, 1.82) is 0 Å². The summed E-state index contributed by atoms with van der Waals surface area (Å²) in [6.07, 6.45) is -16.8. The third-order valence-corrected chi connectivity index (χ3v) is 11.8. The largest absolute Gasteiger partial charge is 0.460 e. The maximum atomic E-state index is 15.3. The van der Waals surface area contributed by atoms with Crippen molar-refractivity contribution >= 4 is 0 Å². The second-order valence-electron chi connectivity index (χ2n) is 13.0. The molecule has 71 heavy (non-hydrogen) atoms. The first-order valence-electron chi connectivity index (χ1n) is 15.3. The summed E-state index contributed by atoms with van der Waals surface area (Å²) in [4.78, 5) is 0. The molecule has 0 aromatic heterocycles. The molecular weight excluding hydrogens is 1260 g/mol. The summed E-state index contributed by atoms with van der Waals surface area (Å²) in [6, 6.07) is 0. The number of alkyl halides is 34. The van der Waals surface area contributed by atoms with E-state index >= 15 is 17.6 Å². The van der Waals surface area contributed by atoms with Crippen molar-refractivity contribution in [2.75, 3.05) is 0 Å². The molecule has 0 saturated carbocycles. The molecule has 412 valence electrons. The monoisotopic (exact) mass is 1260 g/mol. The average molecular weight is 1260 g/mol. The summed E-state index contributed by atoms with van der Waals surface area (Å²) in [6.45, 7) is 0. The lowest BCUT2D eigenvalue weighted by atomic mass is 9.87. The van der Waals surface area contributed by atoms with E-state index in [0.717, 1.165) is 0 Å². The van der Waals surface area contributed by atoms with E-state index in [4.69, 9.17) is 0 Å². The maximum absolute atomic E-state index is 15.3.